The Balaban J connectivity index is 1.57. The molecule has 4 aromatic rings. The smallest absolute Gasteiger partial charge is 0.305 e. The van der Waals surface area contributed by atoms with Crippen LogP contribution in [0.1, 0.15) is 64.7 Å². The molecule has 0 bridgehead atoms. The molecule has 1 heterocycles. The molecule has 42 heavy (non-hydrogen) atoms. The lowest BCUT2D eigenvalue weighted by molar-refractivity contribution is -0.137. The first-order chi connectivity index (χ1) is 20.1. The summed E-state index contributed by atoms with van der Waals surface area (Å²) in [6.07, 6.45) is 2.01. The molecule has 0 radical (unpaired) electrons. The zero-order chi connectivity index (χ0) is 30.1. The van der Waals surface area contributed by atoms with Gasteiger partial charge in [0.25, 0.3) is 11.8 Å². The number of carboxylic acid groups (broad SMARTS) is 1. The molecule has 0 saturated heterocycles. The van der Waals surface area contributed by atoms with Gasteiger partial charge in [0, 0.05) is 49.1 Å². The second kappa shape index (κ2) is 13.7. The first-order valence-electron chi connectivity index (χ1n) is 14.1. The van der Waals surface area contributed by atoms with E-state index in [-0.39, 0.29) is 30.2 Å². The van der Waals surface area contributed by atoms with Gasteiger partial charge in [-0.1, -0.05) is 87.5 Å². The van der Waals surface area contributed by atoms with E-state index in [9.17, 15) is 19.5 Å². The molecule has 0 aliphatic carbocycles. The van der Waals surface area contributed by atoms with Crippen LogP contribution in [0.4, 0.5) is 0 Å². The van der Waals surface area contributed by atoms with E-state index in [2.05, 4.69) is 43.2 Å². The normalized spacial score (nSPS) is 11.1. The Kier molecular flexibility index (Phi) is 9.86. The molecule has 7 heteroatoms. The van der Waals surface area contributed by atoms with E-state index in [4.69, 9.17) is 0 Å². The first kappa shape index (κ1) is 30.2. The van der Waals surface area contributed by atoms with Crippen molar-refractivity contribution < 1.29 is 19.5 Å². The van der Waals surface area contributed by atoms with Gasteiger partial charge in [0.05, 0.1) is 6.42 Å². The summed E-state index contributed by atoms with van der Waals surface area (Å²) < 4.78 is 0. The van der Waals surface area contributed by atoms with Crippen LogP contribution in [0.3, 0.4) is 0 Å². The molecule has 0 spiro atoms. The summed E-state index contributed by atoms with van der Waals surface area (Å²) in [6.45, 7) is 7.23. The van der Waals surface area contributed by atoms with Crippen molar-refractivity contribution in [1.29, 1.82) is 0 Å². The monoisotopic (exact) mass is 563 g/mol. The van der Waals surface area contributed by atoms with Crippen LogP contribution in [0.5, 0.6) is 0 Å². The number of pyridine rings is 1. The Bertz CT molecular complexity index is 1530. The molecule has 0 unspecified atom stereocenters. The van der Waals surface area contributed by atoms with Crippen LogP contribution in [-0.4, -0.2) is 45.9 Å². The molecule has 0 fully saturated rings. The maximum atomic E-state index is 13.9. The summed E-state index contributed by atoms with van der Waals surface area (Å²) in [7, 11) is 0. The molecule has 0 atom stereocenters. The minimum atomic E-state index is -0.978. The van der Waals surface area contributed by atoms with Crippen molar-refractivity contribution in [2.75, 3.05) is 13.1 Å². The molecule has 7 nitrogen and oxygen atoms in total. The predicted molar refractivity (Wildman–Crippen MR) is 164 cm³/mol. The summed E-state index contributed by atoms with van der Waals surface area (Å²) in [4.78, 5) is 44.5. The summed E-state index contributed by atoms with van der Waals surface area (Å²) >= 11 is 0. The lowest BCUT2D eigenvalue weighted by atomic mass is 9.87. The van der Waals surface area contributed by atoms with E-state index in [0.717, 1.165) is 11.3 Å². The van der Waals surface area contributed by atoms with Gasteiger partial charge in [0.1, 0.15) is 0 Å². The summed E-state index contributed by atoms with van der Waals surface area (Å²) in [5.41, 5.74) is 5.18. The van der Waals surface area contributed by atoms with Crippen molar-refractivity contribution in [3.8, 4) is 11.1 Å². The van der Waals surface area contributed by atoms with Crippen molar-refractivity contribution >= 4 is 17.8 Å². The number of carbonyl (C=O) groups is 3. The largest absolute Gasteiger partial charge is 0.481 e. The van der Waals surface area contributed by atoms with Crippen molar-refractivity contribution in [2.45, 2.75) is 45.6 Å². The molecular weight excluding hydrogens is 526 g/mol. The van der Waals surface area contributed by atoms with Gasteiger partial charge in [-0.15, -0.1) is 0 Å². The van der Waals surface area contributed by atoms with Gasteiger partial charge in [-0.05, 0) is 51.9 Å². The van der Waals surface area contributed by atoms with Crippen molar-refractivity contribution in [3.05, 3.63) is 125 Å². The molecule has 216 valence electrons. The van der Waals surface area contributed by atoms with Crippen LogP contribution < -0.4 is 5.32 Å². The molecule has 0 aliphatic heterocycles. The Labute approximate surface area is 247 Å². The minimum absolute atomic E-state index is 0.0488. The highest BCUT2D eigenvalue weighted by Crippen LogP contribution is 2.29. The second-order valence-corrected chi connectivity index (χ2v) is 11.2. The van der Waals surface area contributed by atoms with Gasteiger partial charge in [0.2, 0.25) is 0 Å². The van der Waals surface area contributed by atoms with Crippen LogP contribution in [0, 0.1) is 0 Å². The van der Waals surface area contributed by atoms with Crippen molar-refractivity contribution in [2.24, 2.45) is 0 Å². The molecule has 2 N–H and O–H groups in total. The van der Waals surface area contributed by atoms with Gasteiger partial charge in [0.15, 0.2) is 0 Å². The SMILES string of the molecule is CC(C)(C)c1ccc(CNC(=O)c2ccccc2-c2ccccc2C(=O)N(CCC(=O)O)CCc2ccccn2)cc1. The lowest BCUT2D eigenvalue weighted by Crippen LogP contribution is -2.35. The quantitative estimate of drug-likeness (QED) is 0.229. The molecule has 1 aromatic heterocycles. The fourth-order valence-electron chi connectivity index (χ4n) is 4.73. The number of carbonyl (C=O) groups excluding carboxylic acids is 2. The number of aliphatic carboxylic acids is 1. The zero-order valence-corrected chi connectivity index (χ0v) is 24.3. The number of aromatic nitrogens is 1. The molecule has 0 saturated carbocycles. The number of hydrogen-bond acceptors (Lipinski definition) is 4. The average molecular weight is 564 g/mol. The minimum Gasteiger partial charge on any atom is -0.481 e. The second-order valence-electron chi connectivity index (χ2n) is 11.2. The molecule has 4 rings (SSSR count). The van der Waals surface area contributed by atoms with E-state index in [1.807, 2.05) is 54.6 Å². The van der Waals surface area contributed by atoms with Crippen LogP contribution in [0.2, 0.25) is 0 Å². The van der Waals surface area contributed by atoms with Gasteiger partial charge < -0.3 is 15.3 Å². The molecular formula is C35H37N3O4. The Morgan fingerprint density at radius 3 is 2.02 bits per heavy atom. The van der Waals surface area contributed by atoms with Crippen LogP contribution >= 0.6 is 0 Å². The number of hydrogen-bond donors (Lipinski definition) is 2. The number of amides is 2. The Hall–Kier alpha value is -4.78. The molecule has 0 aliphatic rings. The third-order valence-electron chi connectivity index (χ3n) is 7.14. The highest BCUT2D eigenvalue weighted by atomic mass is 16.4. The van der Waals surface area contributed by atoms with E-state index in [1.54, 1.807) is 35.4 Å². The van der Waals surface area contributed by atoms with E-state index < -0.39 is 5.97 Å². The van der Waals surface area contributed by atoms with Crippen molar-refractivity contribution in [1.82, 2.24) is 15.2 Å². The highest BCUT2D eigenvalue weighted by Gasteiger charge is 2.23. The van der Waals surface area contributed by atoms with E-state index >= 15 is 0 Å². The van der Waals surface area contributed by atoms with Gasteiger partial charge in [-0.25, -0.2) is 0 Å². The fraction of sp³-hybridized carbons (Fsp3) is 0.257. The van der Waals surface area contributed by atoms with E-state index in [1.165, 1.54) is 5.56 Å². The third-order valence-corrected chi connectivity index (χ3v) is 7.14. The topological polar surface area (TPSA) is 99.6 Å². The number of nitrogens with one attached hydrogen (secondary N) is 1. The average Bonchev–Trinajstić information content (AvgIpc) is 2.99. The summed E-state index contributed by atoms with van der Waals surface area (Å²) in [5.74, 6) is -1.52. The van der Waals surface area contributed by atoms with Crippen LogP contribution in [0.25, 0.3) is 11.1 Å². The third kappa shape index (κ3) is 7.91. The van der Waals surface area contributed by atoms with E-state index in [0.29, 0.717) is 41.8 Å². The molecule has 2 amide bonds. The van der Waals surface area contributed by atoms with Crippen molar-refractivity contribution in [3.63, 3.8) is 0 Å². The zero-order valence-electron chi connectivity index (χ0n) is 24.3. The maximum Gasteiger partial charge on any atom is 0.305 e. The number of carboxylic acids is 1. The van der Waals surface area contributed by atoms with Gasteiger partial charge >= 0.3 is 5.97 Å². The summed E-state index contributed by atoms with van der Waals surface area (Å²) in [6, 6.07) is 28.1. The highest BCUT2D eigenvalue weighted by molar-refractivity contribution is 6.06. The lowest BCUT2D eigenvalue weighted by Gasteiger charge is -2.24. The first-order valence-corrected chi connectivity index (χ1v) is 14.1. The number of benzene rings is 3. The number of nitrogens with zero attached hydrogens (tertiary/aromatic N) is 2. The Morgan fingerprint density at radius 2 is 1.40 bits per heavy atom. The maximum absolute atomic E-state index is 13.9. The van der Waals surface area contributed by atoms with Gasteiger partial charge in [-0.3, -0.25) is 19.4 Å². The standard InChI is InChI=1S/C35H37N3O4/c1-35(2,3)26-17-15-25(16-18-26)24-37-33(41)30-13-6-4-11-28(30)29-12-5-7-14-31(29)34(42)38(23-20-32(39)40)22-19-27-10-8-9-21-36-27/h4-18,21H,19-20,22-24H2,1-3H3,(H,37,41)(H,39,40). The predicted octanol–water partition coefficient (Wildman–Crippen LogP) is 6.14. The van der Waals surface area contributed by atoms with Gasteiger partial charge in [-0.2, -0.15) is 0 Å². The Morgan fingerprint density at radius 1 is 0.786 bits per heavy atom. The fourth-order valence-corrected chi connectivity index (χ4v) is 4.73. The van der Waals surface area contributed by atoms with Crippen LogP contribution in [0.15, 0.2) is 97.2 Å². The summed E-state index contributed by atoms with van der Waals surface area (Å²) in [5, 5.41) is 12.3. The number of rotatable bonds is 11. The van der Waals surface area contributed by atoms with Crippen LogP contribution in [-0.2, 0) is 23.2 Å². The molecule has 3 aromatic carbocycles.